The molecule has 1 aromatic carbocycles. The second-order valence-electron chi connectivity index (χ2n) is 5.57. The zero-order chi connectivity index (χ0) is 13.7. The molecule has 0 amide bonds. The zero-order valence-electron chi connectivity index (χ0n) is 11.2. The van der Waals surface area contributed by atoms with Gasteiger partial charge >= 0.3 is 5.97 Å². The van der Waals surface area contributed by atoms with Crippen molar-refractivity contribution >= 4 is 5.97 Å². The molecular weight excluding hydrogens is 240 g/mol. The van der Waals surface area contributed by atoms with Crippen LogP contribution in [0.5, 0.6) is 0 Å². The van der Waals surface area contributed by atoms with Gasteiger partial charge in [-0.1, -0.05) is 30.3 Å². The zero-order valence-corrected chi connectivity index (χ0v) is 11.2. The fraction of sp³-hybridized carbons (Fsp3) is 0.533. The van der Waals surface area contributed by atoms with Gasteiger partial charge in [0.1, 0.15) is 0 Å². The summed E-state index contributed by atoms with van der Waals surface area (Å²) >= 11 is 0. The van der Waals surface area contributed by atoms with E-state index in [-0.39, 0.29) is 11.8 Å². The quantitative estimate of drug-likeness (QED) is 0.847. The normalized spacial score (nSPS) is 24.3. The highest BCUT2D eigenvalue weighted by Gasteiger charge is 2.36. The summed E-state index contributed by atoms with van der Waals surface area (Å²) < 4.78 is 0. The molecule has 19 heavy (non-hydrogen) atoms. The molecule has 1 aromatic rings. The predicted molar refractivity (Wildman–Crippen MR) is 74.7 cm³/mol. The summed E-state index contributed by atoms with van der Waals surface area (Å²) in [6, 6.07) is 10.3. The Morgan fingerprint density at radius 1 is 1.37 bits per heavy atom. The van der Waals surface area contributed by atoms with Gasteiger partial charge in [0.25, 0.3) is 0 Å². The maximum atomic E-state index is 11.0. The average Bonchev–Trinajstić information content (AvgIpc) is 2.39. The van der Waals surface area contributed by atoms with Gasteiger partial charge in [0.2, 0.25) is 0 Å². The van der Waals surface area contributed by atoms with Gasteiger partial charge in [0.05, 0.1) is 6.42 Å². The molecule has 1 saturated heterocycles. The third kappa shape index (κ3) is 3.78. The molecule has 1 aliphatic rings. The van der Waals surface area contributed by atoms with Crippen molar-refractivity contribution in [3.05, 3.63) is 35.9 Å². The minimum absolute atomic E-state index is 0.175. The third-order valence-corrected chi connectivity index (χ3v) is 3.95. The van der Waals surface area contributed by atoms with E-state index in [0.29, 0.717) is 6.54 Å². The van der Waals surface area contributed by atoms with Crippen LogP contribution in [0.4, 0.5) is 0 Å². The minimum Gasteiger partial charge on any atom is -0.481 e. The molecule has 104 valence electrons. The molecule has 4 nitrogen and oxygen atoms in total. The Kier molecular flexibility index (Phi) is 4.56. The van der Waals surface area contributed by atoms with Crippen LogP contribution in [0, 0.1) is 5.41 Å². The second kappa shape index (κ2) is 6.17. The number of carbonyl (C=O) groups is 1. The molecule has 1 atom stereocenters. The van der Waals surface area contributed by atoms with Crippen LogP contribution in [0.15, 0.2) is 30.3 Å². The fourth-order valence-electron chi connectivity index (χ4n) is 2.99. The van der Waals surface area contributed by atoms with Crippen LogP contribution >= 0.6 is 0 Å². The number of rotatable bonds is 5. The molecule has 0 saturated carbocycles. The van der Waals surface area contributed by atoms with Crippen molar-refractivity contribution in [2.24, 2.45) is 11.1 Å². The number of hydrogen-bond acceptors (Lipinski definition) is 3. The number of piperidine rings is 1. The lowest BCUT2D eigenvalue weighted by Crippen LogP contribution is -2.48. The van der Waals surface area contributed by atoms with E-state index in [1.807, 2.05) is 18.2 Å². The Morgan fingerprint density at radius 3 is 2.74 bits per heavy atom. The van der Waals surface area contributed by atoms with E-state index in [9.17, 15) is 4.79 Å². The Bertz CT molecular complexity index is 421. The second-order valence-corrected chi connectivity index (χ2v) is 5.57. The van der Waals surface area contributed by atoms with Crippen LogP contribution in [0.3, 0.4) is 0 Å². The highest BCUT2D eigenvalue weighted by atomic mass is 16.4. The first kappa shape index (κ1) is 14.0. The van der Waals surface area contributed by atoms with Gasteiger partial charge in [-0.15, -0.1) is 0 Å². The predicted octanol–water partition coefficient (Wildman–Crippen LogP) is 1.70. The molecule has 3 N–H and O–H groups in total. The first-order chi connectivity index (χ1) is 9.13. The first-order valence-corrected chi connectivity index (χ1v) is 6.82. The van der Waals surface area contributed by atoms with E-state index < -0.39 is 5.97 Å². The number of likely N-dealkylation sites (tertiary alicyclic amines) is 1. The molecule has 1 heterocycles. The number of nitrogens with two attached hydrogens (primary N) is 1. The Morgan fingerprint density at radius 2 is 2.11 bits per heavy atom. The van der Waals surface area contributed by atoms with Crippen molar-refractivity contribution in [2.45, 2.75) is 25.8 Å². The fourth-order valence-corrected chi connectivity index (χ4v) is 2.99. The molecule has 1 unspecified atom stereocenters. The monoisotopic (exact) mass is 262 g/mol. The lowest BCUT2D eigenvalue weighted by Gasteiger charge is -2.41. The molecular formula is C15H22N2O2. The van der Waals surface area contributed by atoms with Crippen LogP contribution in [-0.2, 0) is 11.3 Å². The average molecular weight is 262 g/mol. The topological polar surface area (TPSA) is 66.6 Å². The van der Waals surface area contributed by atoms with Crippen LogP contribution < -0.4 is 5.73 Å². The van der Waals surface area contributed by atoms with E-state index >= 15 is 0 Å². The van der Waals surface area contributed by atoms with Gasteiger partial charge in [-0.3, -0.25) is 9.69 Å². The van der Waals surface area contributed by atoms with Crippen LogP contribution in [0.1, 0.15) is 24.8 Å². The molecule has 0 aromatic heterocycles. The molecule has 1 aliphatic heterocycles. The smallest absolute Gasteiger partial charge is 0.304 e. The summed E-state index contributed by atoms with van der Waals surface area (Å²) in [6.07, 6.45) is 2.12. The number of carboxylic acid groups (broad SMARTS) is 1. The summed E-state index contributed by atoms with van der Waals surface area (Å²) in [5.41, 5.74) is 6.87. The van der Waals surface area contributed by atoms with Gasteiger partial charge in [0.15, 0.2) is 0 Å². The lowest BCUT2D eigenvalue weighted by atomic mass is 9.77. The number of hydrogen-bond donors (Lipinski definition) is 2. The maximum absolute atomic E-state index is 11.0. The minimum atomic E-state index is -0.744. The van der Waals surface area contributed by atoms with Crippen LogP contribution in [0.2, 0.25) is 0 Å². The van der Waals surface area contributed by atoms with Gasteiger partial charge in [-0.05, 0) is 31.5 Å². The van der Waals surface area contributed by atoms with Crippen molar-refractivity contribution in [1.29, 1.82) is 0 Å². The van der Waals surface area contributed by atoms with E-state index in [1.165, 1.54) is 5.56 Å². The van der Waals surface area contributed by atoms with Crippen molar-refractivity contribution < 1.29 is 9.90 Å². The summed E-state index contributed by atoms with van der Waals surface area (Å²) in [6.45, 7) is 3.13. The van der Waals surface area contributed by atoms with Gasteiger partial charge in [-0.2, -0.15) is 0 Å². The first-order valence-electron chi connectivity index (χ1n) is 6.82. The van der Waals surface area contributed by atoms with Crippen molar-refractivity contribution in [3.63, 3.8) is 0 Å². The number of aliphatic carboxylic acids is 1. The number of carboxylic acids is 1. The molecule has 0 bridgehead atoms. The summed E-state index contributed by atoms with van der Waals surface area (Å²) in [4.78, 5) is 13.4. The van der Waals surface area contributed by atoms with Crippen LogP contribution in [-0.4, -0.2) is 35.6 Å². The Labute approximate surface area is 114 Å². The molecule has 4 heteroatoms. The standard InChI is InChI=1S/C15H22N2O2/c16-11-15(9-14(18)19)7-4-8-17(12-15)10-13-5-2-1-3-6-13/h1-3,5-6H,4,7-12,16H2,(H,18,19). The molecule has 1 fully saturated rings. The third-order valence-electron chi connectivity index (χ3n) is 3.95. The Balaban J connectivity index is 2.01. The molecule has 0 aliphatic carbocycles. The van der Waals surface area contributed by atoms with Gasteiger partial charge in [-0.25, -0.2) is 0 Å². The summed E-state index contributed by atoms with van der Waals surface area (Å²) in [5.74, 6) is -0.744. The summed E-state index contributed by atoms with van der Waals surface area (Å²) in [7, 11) is 0. The van der Waals surface area contributed by atoms with Crippen molar-refractivity contribution in [2.75, 3.05) is 19.6 Å². The van der Waals surface area contributed by atoms with E-state index in [1.54, 1.807) is 0 Å². The Hall–Kier alpha value is -1.39. The molecule has 0 radical (unpaired) electrons. The van der Waals surface area contributed by atoms with E-state index in [0.717, 1.165) is 32.5 Å². The number of nitrogens with zero attached hydrogens (tertiary/aromatic N) is 1. The van der Waals surface area contributed by atoms with Gasteiger partial charge < -0.3 is 10.8 Å². The maximum Gasteiger partial charge on any atom is 0.304 e. The van der Waals surface area contributed by atoms with E-state index in [4.69, 9.17) is 10.8 Å². The van der Waals surface area contributed by atoms with Crippen molar-refractivity contribution in [3.8, 4) is 0 Å². The largest absolute Gasteiger partial charge is 0.481 e. The highest BCUT2D eigenvalue weighted by molar-refractivity contribution is 5.67. The highest BCUT2D eigenvalue weighted by Crippen LogP contribution is 2.33. The van der Waals surface area contributed by atoms with Gasteiger partial charge in [0, 0.05) is 18.5 Å². The summed E-state index contributed by atoms with van der Waals surface area (Å²) in [5, 5.41) is 9.06. The van der Waals surface area contributed by atoms with E-state index in [2.05, 4.69) is 17.0 Å². The molecule has 2 rings (SSSR count). The van der Waals surface area contributed by atoms with Crippen molar-refractivity contribution in [1.82, 2.24) is 4.90 Å². The SMILES string of the molecule is NCC1(CC(=O)O)CCCN(Cc2ccccc2)C1. The lowest BCUT2D eigenvalue weighted by molar-refractivity contribution is -0.140. The van der Waals surface area contributed by atoms with Crippen LogP contribution in [0.25, 0.3) is 0 Å². The number of benzene rings is 1. The molecule has 0 spiro atoms.